The van der Waals surface area contributed by atoms with Gasteiger partial charge in [0, 0.05) is 39.3 Å². The predicted molar refractivity (Wildman–Crippen MR) is 118 cm³/mol. The molecule has 1 saturated heterocycles. The summed E-state index contributed by atoms with van der Waals surface area (Å²) >= 11 is 0. The van der Waals surface area contributed by atoms with E-state index < -0.39 is 0 Å². The van der Waals surface area contributed by atoms with Crippen molar-refractivity contribution in [2.24, 2.45) is 10.4 Å². The highest BCUT2D eigenvalue weighted by Crippen LogP contribution is 2.15. The van der Waals surface area contributed by atoms with Crippen LogP contribution < -0.4 is 10.6 Å². The summed E-state index contributed by atoms with van der Waals surface area (Å²) in [5, 5.41) is 6.90. The van der Waals surface area contributed by atoms with Crippen molar-refractivity contribution in [3.05, 3.63) is 35.4 Å². The molecule has 0 spiro atoms. The number of aliphatic imine (C=N–C) groups is 1. The van der Waals surface area contributed by atoms with Gasteiger partial charge in [-0.1, -0.05) is 38.1 Å². The fourth-order valence-electron chi connectivity index (χ4n) is 3.61. The number of nitrogens with one attached hydrogen (secondary N) is 2. The van der Waals surface area contributed by atoms with E-state index in [1.807, 2.05) is 0 Å². The van der Waals surface area contributed by atoms with E-state index in [4.69, 9.17) is 9.73 Å². The molecule has 2 rings (SSSR count). The second kappa shape index (κ2) is 11.4. The molecule has 1 fully saturated rings. The summed E-state index contributed by atoms with van der Waals surface area (Å²) in [6.45, 7) is 14.7. The molecule has 1 aromatic rings. The van der Waals surface area contributed by atoms with Gasteiger partial charge in [0.25, 0.3) is 0 Å². The summed E-state index contributed by atoms with van der Waals surface area (Å²) in [6.07, 6.45) is 0. The lowest BCUT2D eigenvalue weighted by Gasteiger charge is -2.29. The number of hydrogen-bond donors (Lipinski definition) is 2. The Balaban J connectivity index is 1.99. The van der Waals surface area contributed by atoms with Gasteiger partial charge < -0.3 is 20.3 Å². The summed E-state index contributed by atoms with van der Waals surface area (Å²) in [5.74, 6) is 0.885. The number of hydrogen-bond acceptors (Lipinski definition) is 4. The minimum Gasteiger partial charge on any atom is -0.379 e. The van der Waals surface area contributed by atoms with Gasteiger partial charge in [-0.3, -0.25) is 4.90 Å². The van der Waals surface area contributed by atoms with Crippen LogP contribution in [-0.4, -0.2) is 75.8 Å². The Bertz CT molecular complexity index is 609. The zero-order valence-electron chi connectivity index (χ0n) is 18.4. The number of nitrogens with zero attached hydrogens (tertiary/aromatic N) is 3. The van der Waals surface area contributed by atoms with E-state index in [-0.39, 0.29) is 5.41 Å². The van der Waals surface area contributed by atoms with Gasteiger partial charge in [-0.2, -0.15) is 0 Å². The first-order chi connectivity index (χ1) is 13.4. The maximum atomic E-state index is 5.47. The fourth-order valence-corrected chi connectivity index (χ4v) is 3.61. The third-order valence-corrected chi connectivity index (χ3v) is 4.85. The average Bonchev–Trinajstić information content (AvgIpc) is 2.65. The Hall–Kier alpha value is -1.63. The smallest absolute Gasteiger partial charge is 0.191 e. The molecule has 0 aromatic heterocycles. The third kappa shape index (κ3) is 8.17. The van der Waals surface area contributed by atoms with E-state index in [9.17, 15) is 0 Å². The molecule has 2 N–H and O–H groups in total. The number of guanidine groups is 1. The van der Waals surface area contributed by atoms with E-state index in [2.05, 4.69) is 79.6 Å². The quantitative estimate of drug-likeness (QED) is 0.501. The molecule has 0 atom stereocenters. The van der Waals surface area contributed by atoms with Gasteiger partial charge in [-0.25, -0.2) is 4.99 Å². The summed E-state index contributed by atoms with van der Waals surface area (Å²) in [6, 6.07) is 8.64. The second-order valence-corrected chi connectivity index (χ2v) is 8.61. The van der Waals surface area contributed by atoms with Gasteiger partial charge in [0.05, 0.1) is 19.8 Å². The summed E-state index contributed by atoms with van der Waals surface area (Å²) in [7, 11) is 4.24. The molecule has 0 unspecified atom stereocenters. The predicted octanol–water partition coefficient (Wildman–Crippen LogP) is 2.16. The molecule has 6 nitrogen and oxygen atoms in total. The van der Waals surface area contributed by atoms with Gasteiger partial charge in [0.2, 0.25) is 0 Å². The summed E-state index contributed by atoms with van der Waals surface area (Å²) < 4.78 is 5.47. The number of rotatable bonds is 9. The molecular formula is C22H39N5O. The molecule has 0 amide bonds. The van der Waals surface area contributed by atoms with E-state index in [1.165, 1.54) is 11.1 Å². The Morgan fingerprint density at radius 1 is 1.14 bits per heavy atom. The summed E-state index contributed by atoms with van der Waals surface area (Å²) in [4.78, 5) is 9.54. The minimum atomic E-state index is 0.175. The van der Waals surface area contributed by atoms with Crippen LogP contribution in [0.4, 0.5) is 0 Å². The van der Waals surface area contributed by atoms with Crippen LogP contribution in [0, 0.1) is 5.41 Å². The molecule has 0 aliphatic carbocycles. The lowest BCUT2D eigenvalue weighted by Crippen LogP contribution is -2.44. The first-order valence-corrected chi connectivity index (χ1v) is 10.4. The minimum absolute atomic E-state index is 0.175. The molecule has 1 heterocycles. The third-order valence-electron chi connectivity index (χ3n) is 4.85. The number of benzene rings is 1. The van der Waals surface area contributed by atoms with Crippen molar-refractivity contribution in [3.63, 3.8) is 0 Å². The van der Waals surface area contributed by atoms with Crippen LogP contribution >= 0.6 is 0 Å². The highest BCUT2D eigenvalue weighted by atomic mass is 16.5. The van der Waals surface area contributed by atoms with Crippen molar-refractivity contribution >= 4 is 5.96 Å². The first kappa shape index (κ1) is 22.7. The van der Waals surface area contributed by atoms with E-state index in [1.54, 1.807) is 0 Å². The zero-order valence-corrected chi connectivity index (χ0v) is 18.4. The molecule has 6 heteroatoms. The van der Waals surface area contributed by atoms with Crippen molar-refractivity contribution in [1.82, 2.24) is 20.4 Å². The van der Waals surface area contributed by atoms with Gasteiger partial charge >= 0.3 is 0 Å². The van der Waals surface area contributed by atoms with E-state index in [0.717, 1.165) is 58.4 Å². The van der Waals surface area contributed by atoms with E-state index >= 15 is 0 Å². The van der Waals surface area contributed by atoms with Gasteiger partial charge in [0.15, 0.2) is 5.96 Å². The molecule has 0 radical (unpaired) electrons. The topological polar surface area (TPSA) is 52.1 Å². The van der Waals surface area contributed by atoms with Crippen LogP contribution in [-0.2, 0) is 17.8 Å². The number of morpholine rings is 1. The van der Waals surface area contributed by atoms with Crippen molar-refractivity contribution in [3.8, 4) is 0 Å². The monoisotopic (exact) mass is 389 g/mol. The number of ether oxygens (including phenoxy) is 1. The molecule has 28 heavy (non-hydrogen) atoms. The largest absolute Gasteiger partial charge is 0.379 e. The molecule has 1 aliphatic rings. The highest BCUT2D eigenvalue weighted by molar-refractivity contribution is 5.79. The lowest BCUT2D eigenvalue weighted by atomic mass is 9.93. The first-order valence-electron chi connectivity index (χ1n) is 10.4. The Morgan fingerprint density at radius 3 is 2.46 bits per heavy atom. The van der Waals surface area contributed by atoms with Crippen LogP contribution in [0.3, 0.4) is 0 Å². The molecular weight excluding hydrogens is 350 g/mol. The van der Waals surface area contributed by atoms with Crippen LogP contribution in [0.2, 0.25) is 0 Å². The molecule has 1 aromatic carbocycles. The molecule has 158 valence electrons. The van der Waals surface area contributed by atoms with Gasteiger partial charge in [-0.05, 0) is 37.6 Å². The SMILES string of the molecule is CCNC(=NCc1ccccc1CN1CCOCC1)NCC(C)(C)CN(C)C. The van der Waals surface area contributed by atoms with Crippen molar-refractivity contribution < 1.29 is 4.74 Å². The maximum Gasteiger partial charge on any atom is 0.191 e. The van der Waals surface area contributed by atoms with Crippen LogP contribution in [0.1, 0.15) is 31.9 Å². The summed E-state index contributed by atoms with van der Waals surface area (Å²) in [5.41, 5.74) is 2.82. The molecule has 0 bridgehead atoms. The van der Waals surface area contributed by atoms with E-state index in [0.29, 0.717) is 6.54 Å². The Kier molecular flexibility index (Phi) is 9.22. The maximum absolute atomic E-state index is 5.47. The molecule has 0 saturated carbocycles. The fraction of sp³-hybridized carbons (Fsp3) is 0.682. The Labute approximate surface area is 171 Å². The normalized spacial score (nSPS) is 16.4. The standard InChI is InChI=1S/C22H39N5O/c1-6-23-21(25-17-22(2,3)18-26(4)5)24-15-19-9-7-8-10-20(19)16-27-11-13-28-14-12-27/h7-10H,6,11-18H2,1-5H3,(H2,23,24,25). The lowest BCUT2D eigenvalue weighted by molar-refractivity contribution is 0.0341. The van der Waals surface area contributed by atoms with Crippen molar-refractivity contribution in [2.75, 3.05) is 60.0 Å². The zero-order chi connectivity index (χ0) is 20.4. The Morgan fingerprint density at radius 2 is 1.82 bits per heavy atom. The van der Waals surface area contributed by atoms with Crippen molar-refractivity contribution in [1.29, 1.82) is 0 Å². The van der Waals surface area contributed by atoms with Crippen LogP contribution in [0.5, 0.6) is 0 Å². The second-order valence-electron chi connectivity index (χ2n) is 8.61. The van der Waals surface area contributed by atoms with Crippen LogP contribution in [0.25, 0.3) is 0 Å². The van der Waals surface area contributed by atoms with Gasteiger partial charge in [0.1, 0.15) is 0 Å². The molecule has 1 aliphatic heterocycles. The van der Waals surface area contributed by atoms with Crippen LogP contribution in [0.15, 0.2) is 29.3 Å². The van der Waals surface area contributed by atoms with Gasteiger partial charge in [-0.15, -0.1) is 0 Å². The average molecular weight is 390 g/mol. The highest BCUT2D eigenvalue weighted by Gasteiger charge is 2.19. The van der Waals surface area contributed by atoms with Crippen molar-refractivity contribution in [2.45, 2.75) is 33.9 Å².